The molecular formula is C5H9N. The Kier molecular flexibility index (Phi) is 2.52. The van der Waals surface area contributed by atoms with Gasteiger partial charge in [-0.1, -0.05) is 5.92 Å². The third kappa shape index (κ3) is 3.52. The van der Waals surface area contributed by atoms with Crippen LogP contribution in [0.2, 0.25) is 0 Å². The molecule has 0 heterocycles. The smallest absolute Gasteiger partial charge is 0.0635 e. The standard InChI is InChI=1S/C5H9N/c1-3-4-5(2)6/h5H,6H2,1-2H3. The second-order valence-corrected chi connectivity index (χ2v) is 1.18. The van der Waals surface area contributed by atoms with E-state index in [1.165, 1.54) is 0 Å². The predicted molar refractivity (Wildman–Crippen MR) is 27.1 cm³/mol. The first-order valence-corrected chi connectivity index (χ1v) is 1.95. The van der Waals surface area contributed by atoms with Crippen molar-refractivity contribution in [1.29, 1.82) is 0 Å². The van der Waals surface area contributed by atoms with Crippen LogP contribution in [0.4, 0.5) is 0 Å². The van der Waals surface area contributed by atoms with Gasteiger partial charge in [-0.15, -0.1) is 5.92 Å². The van der Waals surface area contributed by atoms with Crippen molar-refractivity contribution in [2.45, 2.75) is 19.9 Å². The van der Waals surface area contributed by atoms with Crippen LogP contribution in [0.3, 0.4) is 0 Å². The van der Waals surface area contributed by atoms with Crippen LogP contribution in [-0.4, -0.2) is 6.04 Å². The third-order valence-corrected chi connectivity index (χ3v) is 0.372. The lowest BCUT2D eigenvalue weighted by Crippen LogP contribution is -2.10. The predicted octanol–water partition coefficient (Wildman–Crippen LogP) is 0.357. The quantitative estimate of drug-likeness (QED) is 0.420. The van der Waals surface area contributed by atoms with Gasteiger partial charge in [0.05, 0.1) is 6.04 Å². The average Bonchev–Trinajstić information content (AvgIpc) is 1.35. The van der Waals surface area contributed by atoms with E-state index in [1.54, 1.807) is 6.92 Å². The van der Waals surface area contributed by atoms with E-state index in [2.05, 4.69) is 11.8 Å². The molecule has 0 aliphatic carbocycles. The molecular weight excluding hydrogens is 74.1 g/mol. The number of nitrogens with two attached hydrogens (primary N) is 1. The van der Waals surface area contributed by atoms with Gasteiger partial charge in [0.25, 0.3) is 0 Å². The van der Waals surface area contributed by atoms with E-state index in [1.807, 2.05) is 6.92 Å². The molecule has 0 amide bonds. The van der Waals surface area contributed by atoms with E-state index in [0.29, 0.717) is 0 Å². The molecule has 0 saturated carbocycles. The molecule has 2 N–H and O–H groups in total. The first-order chi connectivity index (χ1) is 2.77. The summed E-state index contributed by atoms with van der Waals surface area (Å²) in [4.78, 5) is 0. The number of hydrogen-bond acceptors (Lipinski definition) is 1. The molecule has 0 saturated heterocycles. The first kappa shape index (κ1) is 5.52. The number of rotatable bonds is 0. The van der Waals surface area contributed by atoms with Gasteiger partial charge in [0.15, 0.2) is 0 Å². The Morgan fingerprint density at radius 2 is 2.17 bits per heavy atom. The maximum Gasteiger partial charge on any atom is 0.0635 e. The van der Waals surface area contributed by atoms with Crippen LogP contribution >= 0.6 is 0 Å². The summed E-state index contributed by atoms with van der Waals surface area (Å²) in [5.41, 5.74) is 5.23. The molecule has 1 atom stereocenters. The lowest BCUT2D eigenvalue weighted by Gasteiger charge is -1.83. The maximum absolute atomic E-state index is 5.23. The van der Waals surface area contributed by atoms with Gasteiger partial charge in [-0.25, -0.2) is 0 Å². The monoisotopic (exact) mass is 83.1 g/mol. The van der Waals surface area contributed by atoms with Crippen LogP contribution in [0.1, 0.15) is 13.8 Å². The minimum atomic E-state index is 0.0370. The molecule has 1 heteroatoms. The summed E-state index contributed by atoms with van der Waals surface area (Å²) in [5.74, 6) is 5.43. The third-order valence-electron chi connectivity index (χ3n) is 0.372. The summed E-state index contributed by atoms with van der Waals surface area (Å²) in [7, 11) is 0. The average molecular weight is 83.1 g/mol. The topological polar surface area (TPSA) is 26.0 Å². The van der Waals surface area contributed by atoms with Crippen LogP contribution < -0.4 is 5.73 Å². The Morgan fingerprint density at radius 3 is 2.17 bits per heavy atom. The van der Waals surface area contributed by atoms with Crippen LogP contribution in [0.5, 0.6) is 0 Å². The van der Waals surface area contributed by atoms with Crippen molar-refractivity contribution in [3.05, 3.63) is 0 Å². The highest BCUT2D eigenvalue weighted by Crippen LogP contribution is 1.63. The molecule has 0 aliphatic rings. The molecule has 6 heavy (non-hydrogen) atoms. The highest BCUT2D eigenvalue weighted by molar-refractivity contribution is 5.01. The van der Waals surface area contributed by atoms with E-state index in [0.717, 1.165) is 0 Å². The van der Waals surface area contributed by atoms with Gasteiger partial charge in [0.2, 0.25) is 0 Å². The van der Waals surface area contributed by atoms with E-state index >= 15 is 0 Å². The molecule has 1 unspecified atom stereocenters. The fraction of sp³-hybridized carbons (Fsp3) is 0.600. The molecule has 0 bridgehead atoms. The zero-order valence-corrected chi connectivity index (χ0v) is 4.15. The van der Waals surface area contributed by atoms with Gasteiger partial charge in [0, 0.05) is 0 Å². The van der Waals surface area contributed by atoms with Crippen LogP contribution in [0.25, 0.3) is 0 Å². The Balaban J connectivity index is 3.20. The van der Waals surface area contributed by atoms with Crippen LogP contribution in [-0.2, 0) is 0 Å². The van der Waals surface area contributed by atoms with E-state index < -0.39 is 0 Å². The summed E-state index contributed by atoms with van der Waals surface area (Å²) in [6.45, 7) is 3.64. The van der Waals surface area contributed by atoms with Gasteiger partial charge in [0.1, 0.15) is 0 Å². The van der Waals surface area contributed by atoms with Gasteiger partial charge in [-0.3, -0.25) is 0 Å². The van der Waals surface area contributed by atoms with Crippen molar-refractivity contribution in [3.8, 4) is 11.8 Å². The lowest BCUT2D eigenvalue weighted by molar-refractivity contribution is 0.959. The van der Waals surface area contributed by atoms with Crippen molar-refractivity contribution < 1.29 is 0 Å². The van der Waals surface area contributed by atoms with Crippen LogP contribution in [0, 0.1) is 11.8 Å². The van der Waals surface area contributed by atoms with Crippen molar-refractivity contribution in [1.82, 2.24) is 0 Å². The van der Waals surface area contributed by atoms with Gasteiger partial charge < -0.3 is 5.73 Å². The fourth-order valence-corrected chi connectivity index (χ4v) is 0.228. The van der Waals surface area contributed by atoms with Gasteiger partial charge in [-0.05, 0) is 13.8 Å². The van der Waals surface area contributed by atoms with E-state index in [4.69, 9.17) is 5.73 Å². The normalized spacial score (nSPS) is 11.8. The molecule has 0 aromatic carbocycles. The molecule has 0 aromatic heterocycles. The summed E-state index contributed by atoms with van der Waals surface area (Å²) in [5, 5.41) is 0. The molecule has 0 spiro atoms. The van der Waals surface area contributed by atoms with Gasteiger partial charge >= 0.3 is 0 Å². The Hall–Kier alpha value is -0.480. The van der Waals surface area contributed by atoms with E-state index in [9.17, 15) is 0 Å². The SMILES string of the molecule is CC#CC(C)N. The highest BCUT2D eigenvalue weighted by atomic mass is 14.6. The Labute approximate surface area is 38.5 Å². The summed E-state index contributed by atoms with van der Waals surface area (Å²) in [6.07, 6.45) is 0. The molecule has 0 radical (unpaired) electrons. The fourth-order valence-electron chi connectivity index (χ4n) is 0.228. The van der Waals surface area contributed by atoms with Gasteiger partial charge in [-0.2, -0.15) is 0 Å². The zero-order valence-electron chi connectivity index (χ0n) is 4.15. The molecule has 1 nitrogen and oxygen atoms in total. The van der Waals surface area contributed by atoms with E-state index in [-0.39, 0.29) is 6.04 Å². The van der Waals surface area contributed by atoms with Crippen molar-refractivity contribution in [3.63, 3.8) is 0 Å². The first-order valence-electron chi connectivity index (χ1n) is 1.95. The lowest BCUT2D eigenvalue weighted by atomic mass is 10.4. The van der Waals surface area contributed by atoms with Crippen molar-refractivity contribution >= 4 is 0 Å². The minimum absolute atomic E-state index is 0.0370. The Bertz CT molecular complexity index is 73.7. The highest BCUT2D eigenvalue weighted by Gasteiger charge is 1.75. The molecule has 34 valence electrons. The molecule has 0 fully saturated rings. The largest absolute Gasteiger partial charge is 0.318 e. The second kappa shape index (κ2) is 2.74. The second-order valence-electron chi connectivity index (χ2n) is 1.18. The summed E-state index contributed by atoms with van der Waals surface area (Å²) >= 11 is 0. The maximum atomic E-state index is 5.23. The molecule has 0 aromatic rings. The minimum Gasteiger partial charge on any atom is -0.318 e. The molecule has 0 rings (SSSR count). The summed E-state index contributed by atoms with van der Waals surface area (Å²) < 4.78 is 0. The van der Waals surface area contributed by atoms with Crippen molar-refractivity contribution in [2.24, 2.45) is 5.73 Å². The zero-order chi connectivity index (χ0) is 4.99. The number of hydrogen-bond donors (Lipinski definition) is 1. The Morgan fingerprint density at radius 1 is 1.67 bits per heavy atom. The van der Waals surface area contributed by atoms with Crippen molar-refractivity contribution in [2.75, 3.05) is 0 Å². The summed E-state index contributed by atoms with van der Waals surface area (Å²) in [6, 6.07) is 0.0370. The van der Waals surface area contributed by atoms with Crippen LogP contribution in [0.15, 0.2) is 0 Å². The molecule has 0 aliphatic heterocycles.